The number of carbonyl (C=O) groups excluding carboxylic acids is 2. The molecule has 2 atom stereocenters. The molecule has 2 aliphatic heterocycles. The van der Waals surface area contributed by atoms with Crippen LogP contribution in [-0.4, -0.2) is 48.3 Å². The molecule has 2 heterocycles. The van der Waals surface area contributed by atoms with Crippen molar-refractivity contribution < 1.29 is 27.5 Å². The van der Waals surface area contributed by atoms with Crippen LogP contribution in [0.1, 0.15) is 15.9 Å². The Morgan fingerprint density at radius 1 is 1.39 bits per heavy atom. The Labute approximate surface area is 137 Å². The van der Waals surface area contributed by atoms with Gasteiger partial charge in [0.15, 0.2) is 6.23 Å². The van der Waals surface area contributed by atoms with Crippen molar-refractivity contribution in [2.45, 2.75) is 24.9 Å². The molecule has 9 heteroatoms. The molecular weight excluding hydrogens is 381 g/mol. The van der Waals surface area contributed by atoms with Gasteiger partial charge in [0.2, 0.25) is 0 Å². The van der Waals surface area contributed by atoms with Crippen molar-refractivity contribution in [3.63, 3.8) is 0 Å². The lowest BCUT2D eigenvalue weighted by Crippen LogP contribution is -2.63. The standard InChI is InChI=1S/C14H12BrF3N2O3/c15-8-3-1-2-7-6-9-11(23-13(22)14(16,17)18)19-4-5-20(9)12(21)10(7)8/h1-3,9,11,19H,4-6H2/t9-,11?/m1/s1. The number of benzene rings is 1. The van der Waals surface area contributed by atoms with Gasteiger partial charge in [-0.2, -0.15) is 13.2 Å². The van der Waals surface area contributed by atoms with E-state index in [0.29, 0.717) is 28.6 Å². The molecule has 124 valence electrons. The Balaban J connectivity index is 1.88. The van der Waals surface area contributed by atoms with Crippen molar-refractivity contribution in [2.24, 2.45) is 0 Å². The van der Waals surface area contributed by atoms with Gasteiger partial charge in [0, 0.05) is 17.6 Å². The van der Waals surface area contributed by atoms with Crippen LogP contribution in [0, 0.1) is 0 Å². The molecule has 0 radical (unpaired) electrons. The zero-order valence-electron chi connectivity index (χ0n) is 11.7. The van der Waals surface area contributed by atoms with E-state index >= 15 is 0 Å². The first-order valence-corrected chi connectivity index (χ1v) is 7.68. The monoisotopic (exact) mass is 392 g/mol. The highest BCUT2D eigenvalue weighted by Gasteiger charge is 2.47. The summed E-state index contributed by atoms with van der Waals surface area (Å²) in [5.41, 5.74) is 1.22. The van der Waals surface area contributed by atoms with Crippen molar-refractivity contribution in [2.75, 3.05) is 13.1 Å². The summed E-state index contributed by atoms with van der Waals surface area (Å²) in [6.07, 6.45) is -5.94. The Morgan fingerprint density at radius 3 is 2.83 bits per heavy atom. The summed E-state index contributed by atoms with van der Waals surface area (Å²) >= 11 is 3.32. The van der Waals surface area contributed by atoms with Crippen LogP contribution in [0.15, 0.2) is 22.7 Å². The molecule has 0 aromatic heterocycles. The number of nitrogens with one attached hydrogen (secondary N) is 1. The van der Waals surface area contributed by atoms with Gasteiger partial charge in [-0.3, -0.25) is 10.1 Å². The number of carbonyl (C=O) groups is 2. The summed E-state index contributed by atoms with van der Waals surface area (Å²) in [7, 11) is 0. The minimum atomic E-state index is -5.07. The van der Waals surface area contributed by atoms with E-state index in [9.17, 15) is 22.8 Å². The summed E-state index contributed by atoms with van der Waals surface area (Å²) in [5.74, 6) is -2.54. The van der Waals surface area contributed by atoms with Crippen molar-refractivity contribution in [3.8, 4) is 0 Å². The average Bonchev–Trinajstić information content (AvgIpc) is 2.47. The molecule has 1 aromatic rings. The van der Waals surface area contributed by atoms with Gasteiger partial charge in [-0.15, -0.1) is 0 Å². The SMILES string of the molecule is O=C1c2c(Br)cccc2C[C@@H]2C(OC(=O)C(F)(F)F)NCCN12. The van der Waals surface area contributed by atoms with E-state index in [4.69, 9.17) is 0 Å². The Morgan fingerprint density at radius 2 is 2.13 bits per heavy atom. The highest BCUT2D eigenvalue weighted by Crippen LogP contribution is 2.32. The second kappa shape index (κ2) is 5.79. The number of alkyl halides is 3. The van der Waals surface area contributed by atoms with Crippen LogP contribution < -0.4 is 5.32 Å². The van der Waals surface area contributed by atoms with E-state index in [1.165, 1.54) is 4.90 Å². The number of halogens is 4. The van der Waals surface area contributed by atoms with Crippen LogP contribution in [0.3, 0.4) is 0 Å². The number of piperazine rings is 1. The van der Waals surface area contributed by atoms with E-state index in [-0.39, 0.29) is 12.5 Å². The van der Waals surface area contributed by atoms with E-state index in [1.54, 1.807) is 18.2 Å². The number of nitrogens with zero attached hydrogens (tertiary/aromatic N) is 1. The topological polar surface area (TPSA) is 58.6 Å². The number of amides is 1. The quantitative estimate of drug-likeness (QED) is 0.741. The van der Waals surface area contributed by atoms with Gasteiger partial charge in [-0.25, -0.2) is 4.79 Å². The van der Waals surface area contributed by atoms with E-state index in [2.05, 4.69) is 26.0 Å². The molecule has 1 N–H and O–H groups in total. The minimum Gasteiger partial charge on any atom is -0.438 e. The number of hydrogen-bond donors (Lipinski definition) is 1. The number of rotatable bonds is 1. The molecule has 5 nitrogen and oxygen atoms in total. The zero-order valence-corrected chi connectivity index (χ0v) is 13.3. The Bertz CT molecular complexity index is 665. The Hall–Kier alpha value is -1.61. The summed E-state index contributed by atoms with van der Waals surface area (Å²) in [4.78, 5) is 25.2. The van der Waals surface area contributed by atoms with Crippen LogP contribution in [0.2, 0.25) is 0 Å². The maximum atomic E-state index is 12.6. The fraction of sp³-hybridized carbons (Fsp3) is 0.429. The summed E-state index contributed by atoms with van der Waals surface area (Å²) < 4.78 is 42.4. The largest absolute Gasteiger partial charge is 0.490 e. The predicted octanol–water partition coefficient (Wildman–Crippen LogP) is 1.85. The maximum absolute atomic E-state index is 12.6. The van der Waals surface area contributed by atoms with Gasteiger partial charge < -0.3 is 9.64 Å². The number of hydrogen-bond acceptors (Lipinski definition) is 4. The van der Waals surface area contributed by atoms with E-state index in [0.717, 1.165) is 0 Å². The first-order valence-electron chi connectivity index (χ1n) is 6.88. The summed E-state index contributed by atoms with van der Waals surface area (Å²) in [6.45, 7) is 0.585. The fourth-order valence-electron chi connectivity index (χ4n) is 2.91. The van der Waals surface area contributed by atoms with Crippen molar-refractivity contribution in [3.05, 3.63) is 33.8 Å². The third kappa shape index (κ3) is 2.94. The molecule has 1 aromatic carbocycles. The molecule has 3 rings (SSSR count). The third-order valence-electron chi connectivity index (χ3n) is 3.92. The molecule has 0 spiro atoms. The molecule has 1 saturated heterocycles. The molecule has 1 unspecified atom stereocenters. The van der Waals surface area contributed by atoms with Crippen LogP contribution in [0.25, 0.3) is 0 Å². The minimum absolute atomic E-state index is 0.248. The van der Waals surface area contributed by atoms with Crippen LogP contribution in [0.4, 0.5) is 13.2 Å². The molecule has 0 bridgehead atoms. The van der Waals surface area contributed by atoms with Crippen LogP contribution >= 0.6 is 15.9 Å². The molecule has 0 saturated carbocycles. The normalized spacial score (nSPS) is 24.0. The fourth-order valence-corrected chi connectivity index (χ4v) is 3.49. The average molecular weight is 393 g/mol. The van der Waals surface area contributed by atoms with Gasteiger partial charge >= 0.3 is 12.1 Å². The van der Waals surface area contributed by atoms with Crippen molar-refractivity contribution >= 4 is 27.8 Å². The molecule has 2 aliphatic rings. The first kappa shape index (κ1) is 16.3. The smallest absolute Gasteiger partial charge is 0.438 e. The highest BCUT2D eigenvalue weighted by atomic mass is 79.9. The molecular formula is C14H12BrF3N2O3. The van der Waals surface area contributed by atoms with Crippen molar-refractivity contribution in [1.82, 2.24) is 10.2 Å². The van der Waals surface area contributed by atoms with Gasteiger partial charge in [-0.1, -0.05) is 12.1 Å². The summed E-state index contributed by atoms with van der Waals surface area (Å²) in [5, 5.41) is 2.74. The molecule has 1 amide bonds. The van der Waals surface area contributed by atoms with Gasteiger partial charge in [0.05, 0.1) is 11.6 Å². The lowest BCUT2D eigenvalue weighted by atomic mass is 9.91. The number of fused-ring (bicyclic) bond motifs is 2. The molecule has 0 aliphatic carbocycles. The predicted molar refractivity (Wildman–Crippen MR) is 76.6 cm³/mol. The van der Waals surface area contributed by atoms with Crippen LogP contribution in [-0.2, 0) is 16.0 Å². The highest BCUT2D eigenvalue weighted by molar-refractivity contribution is 9.10. The lowest BCUT2D eigenvalue weighted by molar-refractivity contribution is -0.210. The Kier molecular flexibility index (Phi) is 4.09. The first-order chi connectivity index (χ1) is 10.8. The van der Waals surface area contributed by atoms with E-state index in [1.807, 2.05) is 0 Å². The van der Waals surface area contributed by atoms with Gasteiger partial charge in [-0.05, 0) is 34.0 Å². The molecule has 23 heavy (non-hydrogen) atoms. The second-order valence-corrected chi connectivity index (χ2v) is 6.18. The number of esters is 1. The number of ether oxygens (including phenoxy) is 1. The molecule has 1 fully saturated rings. The van der Waals surface area contributed by atoms with E-state index < -0.39 is 24.4 Å². The van der Waals surface area contributed by atoms with Crippen LogP contribution in [0.5, 0.6) is 0 Å². The lowest BCUT2D eigenvalue weighted by Gasteiger charge is -2.44. The third-order valence-corrected chi connectivity index (χ3v) is 4.58. The zero-order chi connectivity index (χ0) is 16.8. The summed E-state index contributed by atoms with van der Waals surface area (Å²) in [6, 6.07) is 4.57. The van der Waals surface area contributed by atoms with Gasteiger partial charge in [0.25, 0.3) is 5.91 Å². The maximum Gasteiger partial charge on any atom is 0.490 e. The second-order valence-electron chi connectivity index (χ2n) is 5.32. The van der Waals surface area contributed by atoms with Crippen molar-refractivity contribution in [1.29, 1.82) is 0 Å². The van der Waals surface area contributed by atoms with Gasteiger partial charge in [0.1, 0.15) is 0 Å².